The van der Waals surface area contributed by atoms with Gasteiger partial charge >= 0.3 is 11.0 Å². The van der Waals surface area contributed by atoms with Crippen molar-refractivity contribution in [2.75, 3.05) is 7.11 Å². The standard InChI is InChI=1S/C13H8N2O6S/c1-20-7-3-5(4-8-9(7)21-13(19)22-8)2-6-10(16)14-12(18)15-11(6)17/h2-4H,1H3,(H2,14,15,16,17,18). The molecule has 1 aromatic heterocycles. The fourth-order valence-electron chi connectivity index (χ4n) is 1.98. The summed E-state index contributed by atoms with van der Waals surface area (Å²) in [5.74, 6) is -1.29. The minimum absolute atomic E-state index is 0.225. The SMILES string of the molecule is COc1cc(C=C2C(=O)NC(=O)NC2=O)cc2sc(=O)oc12. The van der Waals surface area contributed by atoms with E-state index in [0.29, 0.717) is 21.6 Å². The molecule has 1 aromatic carbocycles. The van der Waals surface area contributed by atoms with Crippen LogP contribution in [0.2, 0.25) is 0 Å². The summed E-state index contributed by atoms with van der Waals surface area (Å²) in [4.78, 5) is 45.2. The second-order valence-corrected chi connectivity index (χ2v) is 5.28. The third-order valence-electron chi connectivity index (χ3n) is 2.90. The fraction of sp³-hybridized carbons (Fsp3) is 0.0769. The molecule has 0 spiro atoms. The van der Waals surface area contributed by atoms with Crippen LogP contribution in [0.3, 0.4) is 0 Å². The number of hydrogen-bond donors (Lipinski definition) is 2. The van der Waals surface area contributed by atoms with Crippen LogP contribution < -0.4 is 20.3 Å². The molecule has 0 atom stereocenters. The zero-order valence-corrected chi connectivity index (χ0v) is 11.9. The average Bonchev–Trinajstić information content (AvgIpc) is 2.82. The second kappa shape index (κ2) is 5.11. The zero-order chi connectivity index (χ0) is 15.9. The van der Waals surface area contributed by atoms with Gasteiger partial charge in [-0.25, -0.2) is 9.59 Å². The van der Waals surface area contributed by atoms with Crippen LogP contribution in [-0.4, -0.2) is 25.0 Å². The average molecular weight is 320 g/mol. The van der Waals surface area contributed by atoms with E-state index < -0.39 is 22.8 Å². The quantitative estimate of drug-likeness (QED) is 0.619. The van der Waals surface area contributed by atoms with Crippen LogP contribution in [-0.2, 0) is 9.59 Å². The first-order valence-corrected chi connectivity index (χ1v) is 6.79. The first kappa shape index (κ1) is 14.0. The number of methoxy groups -OCH3 is 1. The molecule has 8 nitrogen and oxygen atoms in total. The van der Waals surface area contributed by atoms with Gasteiger partial charge in [-0.1, -0.05) is 11.3 Å². The van der Waals surface area contributed by atoms with Gasteiger partial charge in [-0.15, -0.1) is 0 Å². The molecule has 4 amide bonds. The molecule has 1 aliphatic rings. The van der Waals surface area contributed by atoms with Crippen molar-refractivity contribution in [2.45, 2.75) is 0 Å². The predicted octanol–water partition coefficient (Wildman–Crippen LogP) is 0.613. The summed E-state index contributed by atoms with van der Waals surface area (Å²) in [5, 5.41) is 3.95. The minimum atomic E-state index is -0.867. The normalized spacial score (nSPS) is 14.8. The molecule has 112 valence electrons. The number of fused-ring (bicyclic) bond motifs is 1. The van der Waals surface area contributed by atoms with E-state index in [9.17, 15) is 19.2 Å². The number of amides is 4. The molecule has 1 aliphatic heterocycles. The minimum Gasteiger partial charge on any atom is -0.493 e. The zero-order valence-electron chi connectivity index (χ0n) is 11.1. The van der Waals surface area contributed by atoms with Gasteiger partial charge in [-0.3, -0.25) is 20.2 Å². The van der Waals surface area contributed by atoms with Crippen molar-refractivity contribution in [3.05, 3.63) is 33.0 Å². The number of carbonyl (C=O) groups is 3. The van der Waals surface area contributed by atoms with Gasteiger partial charge < -0.3 is 9.15 Å². The molecule has 2 N–H and O–H groups in total. The Morgan fingerprint density at radius 2 is 1.82 bits per heavy atom. The number of urea groups is 1. The second-order valence-electron chi connectivity index (χ2n) is 4.30. The van der Waals surface area contributed by atoms with E-state index in [1.165, 1.54) is 19.3 Å². The predicted molar refractivity (Wildman–Crippen MR) is 76.6 cm³/mol. The highest BCUT2D eigenvalue weighted by Gasteiger charge is 2.27. The Morgan fingerprint density at radius 3 is 2.45 bits per heavy atom. The summed E-state index contributed by atoms with van der Waals surface area (Å²) >= 11 is 0.873. The summed E-state index contributed by atoms with van der Waals surface area (Å²) in [5.41, 5.74) is 0.528. The molecule has 1 saturated heterocycles. The molecular weight excluding hydrogens is 312 g/mol. The maximum Gasteiger partial charge on any atom is 0.396 e. The van der Waals surface area contributed by atoms with Crippen molar-refractivity contribution >= 4 is 45.5 Å². The molecule has 0 radical (unpaired) electrons. The van der Waals surface area contributed by atoms with Crippen LogP contribution in [0.25, 0.3) is 16.4 Å². The molecule has 0 saturated carbocycles. The maximum absolute atomic E-state index is 11.7. The Bertz CT molecular complexity index is 885. The number of benzene rings is 1. The van der Waals surface area contributed by atoms with E-state index in [2.05, 4.69) is 0 Å². The van der Waals surface area contributed by atoms with Crippen LogP contribution in [0.1, 0.15) is 5.56 Å². The summed E-state index contributed by atoms with van der Waals surface area (Å²) in [7, 11) is 1.40. The number of hydrogen-bond acceptors (Lipinski definition) is 7. The number of imide groups is 2. The highest BCUT2D eigenvalue weighted by Crippen LogP contribution is 2.30. The summed E-state index contributed by atoms with van der Waals surface area (Å²) in [6.45, 7) is 0. The van der Waals surface area contributed by atoms with Gasteiger partial charge in [0.1, 0.15) is 5.57 Å². The fourth-order valence-corrected chi connectivity index (χ4v) is 2.71. The number of barbiturate groups is 1. The van der Waals surface area contributed by atoms with Crippen LogP contribution in [0.15, 0.2) is 26.9 Å². The third-order valence-corrected chi connectivity index (χ3v) is 3.67. The number of nitrogens with one attached hydrogen (secondary N) is 2. The van der Waals surface area contributed by atoms with Crippen molar-refractivity contribution in [1.29, 1.82) is 0 Å². The van der Waals surface area contributed by atoms with Gasteiger partial charge in [-0.05, 0) is 23.8 Å². The largest absolute Gasteiger partial charge is 0.493 e. The molecule has 2 heterocycles. The lowest BCUT2D eigenvalue weighted by molar-refractivity contribution is -0.123. The van der Waals surface area contributed by atoms with Crippen molar-refractivity contribution in [3.8, 4) is 5.75 Å². The van der Waals surface area contributed by atoms with Gasteiger partial charge in [0.25, 0.3) is 11.8 Å². The van der Waals surface area contributed by atoms with Crippen molar-refractivity contribution in [1.82, 2.24) is 10.6 Å². The molecule has 3 rings (SSSR count). The van der Waals surface area contributed by atoms with Crippen molar-refractivity contribution in [3.63, 3.8) is 0 Å². The molecule has 0 bridgehead atoms. The van der Waals surface area contributed by atoms with Gasteiger partial charge in [0.15, 0.2) is 11.3 Å². The van der Waals surface area contributed by atoms with E-state index in [4.69, 9.17) is 9.15 Å². The summed E-state index contributed by atoms with van der Waals surface area (Å²) in [6.07, 6.45) is 1.29. The lowest BCUT2D eigenvalue weighted by atomic mass is 10.1. The van der Waals surface area contributed by atoms with Gasteiger partial charge in [0.05, 0.1) is 11.8 Å². The van der Waals surface area contributed by atoms with Crippen LogP contribution in [0.4, 0.5) is 4.79 Å². The first-order valence-electron chi connectivity index (χ1n) is 5.98. The summed E-state index contributed by atoms with van der Waals surface area (Å²) in [6, 6.07) is 2.23. The Labute approximate surface area is 126 Å². The maximum atomic E-state index is 11.7. The van der Waals surface area contributed by atoms with Crippen molar-refractivity contribution in [2.24, 2.45) is 0 Å². The van der Waals surface area contributed by atoms with Gasteiger partial charge in [0.2, 0.25) is 0 Å². The molecule has 2 aromatic rings. The molecular formula is C13H8N2O6S. The molecule has 1 fully saturated rings. The van der Waals surface area contributed by atoms with Gasteiger partial charge in [-0.2, -0.15) is 0 Å². The summed E-state index contributed by atoms with van der Waals surface area (Å²) < 4.78 is 10.7. The number of carbonyl (C=O) groups excluding carboxylic acids is 3. The van der Waals surface area contributed by atoms with Crippen LogP contribution in [0.5, 0.6) is 5.75 Å². The third kappa shape index (κ3) is 2.37. The van der Waals surface area contributed by atoms with Gasteiger partial charge in [0, 0.05) is 0 Å². The van der Waals surface area contributed by atoms with E-state index in [0.717, 1.165) is 11.3 Å². The Hall–Kier alpha value is -2.94. The van der Waals surface area contributed by atoms with Crippen LogP contribution >= 0.6 is 11.3 Å². The Balaban J connectivity index is 2.12. The lowest BCUT2D eigenvalue weighted by Crippen LogP contribution is -2.51. The monoisotopic (exact) mass is 320 g/mol. The molecule has 0 aliphatic carbocycles. The number of rotatable bonds is 2. The van der Waals surface area contributed by atoms with E-state index in [-0.39, 0.29) is 5.57 Å². The molecule has 22 heavy (non-hydrogen) atoms. The Kier molecular flexibility index (Phi) is 3.26. The lowest BCUT2D eigenvalue weighted by Gasteiger charge is -2.14. The van der Waals surface area contributed by atoms with E-state index >= 15 is 0 Å². The smallest absolute Gasteiger partial charge is 0.396 e. The van der Waals surface area contributed by atoms with Crippen LogP contribution in [0, 0.1) is 0 Å². The molecule has 0 unspecified atom stereocenters. The van der Waals surface area contributed by atoms with Crippen molar-refractivity contribution < 1.29 is 23.5 Å². The molecule has 9 heteroatoms. The Morgan fingerprint density at radius 1 is 1.14 bits per heavy atom. The van der Waals surface area contributed by atoms with E-state index in [1.54, 1.807) is 6.07 Å². The topological polar surface area (TPSA) is 115 Å². The number of ether oxygens (including phenoxy) is 1. The first-order chi connectivity index (χ1) is 10.5. The highest BCUT2D eigenvalue weighted by atomic mass is 32.1. The highest BCUT2D eigenvalue weighted by molar-refractivity contribution is 7.16. The van der Waals surface area contributed by atoms with E-state index in [1.807, 2.05) is 10.6 Å².